The van der Waals surface area contributed by atoms with Gasteiger partial charge >= 0.3 is 6.03 Å². The smallest absolute Gasteiger partial charge is 0.325 e. The fraction of sp³-hybridized carbons (Fsp3) is 0.524. The molecule has 172 valence electrons. The third-order valence-corrected chi connectivity index (χ3v) is 6.65. The number of rotatable bonds is 10. The number of ether oxygens (including phenoxy) is 1. The Hall–Kier alpha value is -2.46. The third kappa shape index (κ3) is 6.51. The van der Waals surface area contributed by atoms with Gasteiger partial charge in [0.05, 0.1) is 11.9 Å². The second-order valence-electron chi connectivity index (χ2n) is 8.14. The quantitative estimate of drug-likeness (QED) is 0.415. The first-order chi connectivity index (χ1) is 14.4. The SMILES string of the molecule is CC(C)COc1cc([C@@H](C)C(CC=CCN2C(=O)NC(=O)[C@H]2C)S(N)(=O)=O)ccc1F. The average molecular weight is 456 g/mol. The summed E-state index contributed by atoms with van der Waals surface area (Å²) in [5.41, 5.74) is 0.589. The summed E-state index contributed by atoms with van der Waals surface area (Å²) < 4.78 is 44.0. The number of primary sulfonamides is 1. The summed E-state index contributed by atoms with van der Waals surface area (Å²) >= 11 is 0. The van der Waals surface area contributed by atoms with Gasteiger partial charge in [0, 0.05) is 6.54 Å². The maximum atomic E-state index is 14.1. The Bertz CT molecular complexity index is 948. The number of carbonyl (C=O) groups excluding carboxylic acids is 2. The van der Waals surface area contributed by atoms with Gasteiger partial charge in [-0.1, -0.05) is 39.0 Å². The number of allylic oxidation sites excluding steroid dienone is 1. The monoisotopic (exact) mass is 455 g/mol. The lowest BCUT2D eigenvalue weighted by Gasteiger charge is -2.22. The largest absolute Gasteiger partial charge is 0.490 e. The number of sulfonamides is 1. The van der Waals surface area contributed by atoms with E-state index in [4.69, 9.17) is 9.88 Å². The molecule has 0 spiro atoms. The minimum absolute atomic E-state index is 0.0699. The minimum Gasteiger partial charge on any atom is -0.490 e. The van der Waals surface area contributed by atoms with Crippen LogP contribution in [0.3, 0.4) is 0 Å². The fourth-order valence-electron chi connectivity index (χ4n) is 3.27. The standard InChI is InChI=1S/C21H30FN3O5S/c1-13(2)12-30-18-11-16(8-9-17(18)22)14(3)19(31(23,28)29)7-5-6-10-25-15(4)20(26)24-21(25)27/h5-6,8-9,11,13-15,19H,7,10,12H2,1-4H3,(H2,23,28,29)(H,24,26,27)/t14-,15-,19?/m1/s1. The molecule has 3 N–H and O–H groups in total. The molecule has 1 heterocycles. The number of hydrogen-bond donors (Lipinski definition) is 2. The highest BCUT2D eigenvalue weighted by atomic mass is 32.2. The lowest BCUT2D eigenvalue weighted by molar-refractivity contribution is -0.120. The van der Waals surface area contributed by atoms with Crippen LogP contribution in [0.4, 0.5) is 9.18 Å². The van der Waals surface area contributed by atoms with Crippen molar-refractivity contribution in [3.8, 4) is 5.75 Å². The molecule has 0 radical (unpaired) electrons. The molecule has 3 atom stereocenters. The van der Waals surface area contributed by atoms with Crippen LogP contribution in [0.1, 0.15) is 45.6 Å². The number of benzene rings is 1. The number of nitrogens with two attached hydrogens (primary N) is 1. The van der Waals surface area contributed by atoms with Crippen LogP contribution in [-0.2, 0) is 14.8 Å². The van der Waals surface area contributed by atoms with E-state index in [1.54, 1.807) is 26.0 Å². The number of nitrogens with one attached hydrogen (secondary N) is 1. The van der Waals surface area contributed by atoms with E-state index in [0.717, 1.165) is 0 Å². The highest BCUT2D eigenvalue weighted by molar-refractivity contribution is 7.89. The second kappa shape index (κ2) is 10.2. The van der Waals surface area contributed by atoms with Gasteiger partial charge in [-0.3, -0.25) is 10.1 Å². The zero-order valence-corrected chi connectivity index (χ0v) is 19.0. The molecule has 10 heteroatoms. The van der Waals surface area contributed by atoms with Crippen molar-refractivity contribution >= 4 is 22.0 Å². The number of carbonyl (C=O) groups is 2. The van der Waals surface area contributed by atoms with Crippen molar-refractivity contribution in [1.29, 1.82) is 0 Å². The zero-order valence-electron chi connectivity index (χ0n) is 18.2. The molecule has 8 nitrogen and oxygen atoms in total. The van der Waals surface area contributed by atoms with Crippen molar-refractivity contribution in [1.82, 2.24) is 10.2 Å². The van der Waals surface area contributed by atoms with Crippen molar-refractivity contribution < 1.29 is 27.1 Å². The van der Waals surface area contributed by atoms with Gasteiger partial charge < -0.3 is 9.64 Å². The summed E-state index contributed by atoms with van der Waals surface area (Å²) in [6.45, 7) is 7.69. The van der Waals surface area contributed by atoms with Gasteiger partial charge in [-0.05, 0) is 42.9 Å². The molecule has 2 rings (SSSR count). The van der Waals surface area contributed by atoms with Crippen molar-refractivity contribution in [3.63, 3.8) is 0 Å². The van der Waals surface area contributed by atoms with Crippen LogP contribution in [0.25, 0.3) is 0 Å². The topological polar surface area (TPSA) is 119 Å². The molecule has 3 amide bonds. The van der Waals surface area contributed by atoms with Crippen molar-refractivity contribution in [2.45, 2.75) is 51.3 Å². The number of urea groups is 1. The van der Waals surface area contributed by atoms with Gasteiger partial charge in [-0.15, -0.1) is 0 Å². The Balaban J connectivity index is 2.13. The Labute approximate surface area is 182 Å². The van der Waals surface area contributed by atoms with Gasteiger partial charge in [-0.25, -0.2) is 22.7 Å². The zero-order chi connectivity index (χ0) is 23.3. The molecule has 1 aliphatic heterocycles. The predicted octanol–water partition coefficient (Wildman–Crippen LogP) is 2.51. The first-order valence-electron chi connectivity index (χ1n) is 10.1. The van der Waals surface area contributed by atoms with E-state index >= 15 is 0 Å². The lowest BCUT2D eigenvalue weighted by atomic mass is 9.95. The van der Waals surface area contributed by atoms with Crippen molar-refractivity contribution in [2.24, 2.45) is 11.1 Å². The van der Waals surface area contributed by atoms with E-state index < -0.39 is 39.1 Å². The van der Waals surface area contributed by atoms with Crippen molar-refractivity contribution in [3.05, 3.63) is 41.7 Å². The number of nitrogens with zero attached hydrogens (tertiary/aromatic N) is 1. The normalized spacial score (nSPS) is 19.2. The fourth-order valence-corrected chi connectivity index (χ4v) is 4.37. The van der Waals surface area contributed by atoms with Crippen LogP contribution >= 0.6 is 0 Å². The molecule has 0 aliphatic carbocycles. The second-order valence-corrected chi connectivity index (χ2v) is 9.92. The molecule has 1 saturated heterocycles. The maximum absolute atomic E-state index is 14.1. The van der Waals surface area contributed by atoms with E-state index in [0.29, 0.717) is 12.2 Å². The summed E-state index contributed by atoms with van der Waals surface area (Å²) in [6, 6.07) is 3.20. The van der Waals surface area contributed by atoms with Crippen LogP contribution in [0.15, 0.2) is 30.4 Å². The van der Waals surface area contributed by atoms with Crippen molar-refractivity contribution in [2.75, 3.05) is 13.2 Å². The van der Waals surface area contributed by atoms with E-state index in [9.17, 15) is 22.4 Å². The van der Waals surface area contributed by atoms with E-state index in [2.05, 4.69) is 5.32 Å². The summed E-state index contributed by atoms with van der Waals surface area (Å²) in [5.74, 6) is -1.14. The van der Waals surface area contributed by atoms with Gasteiger partial charge in [0.15, 0.2) is 11.6 Å². The van der Waals surface area contributed by atoms with Gasteiger partial charge in [0.1, 0.15) is 6.04 Å². The number of imide groups is 1. The molecule has 0 saturated carbocycles. The molecule has 31 heavy (non-hydrogen) atoms. The van der Waals surface area contributed by atoms with E-state index in [1.165, 1.54) is 23.1 Å². The van der Waals surface area contributed by atoms with Crippen LogP contribution in [0.2, 0.25) is 0 Å². The summed E-state index contributed by atoms with van der Waals surface area (Å²) in [6.07, 6.45) is 3.34. The van der Waals surface area contributed by atoms with Crippen LogP contribution in [0.5, 0.6) is 5.75 Å². The molecular weight excluding hydrogens is 425 g/mol. The Kier molecular flexibility index (Phi) is 8.19. The molecule has 1 aliphatic rings. The Morgan fingerprint density at radius 1 is 1.26 bits per heavy atom. The lowest BCUT2D eigenvalue weighted by Crippen LogP contribution is -2.33. The highest BCUT2D eigenvalue weighted by Gasteiger charge is 2.34. The van der Waals surface area contributed by atoms with Gasteiger partial charge in [-0.2, -0.15) is 0 Å². The number of halogens is 1. The van der Waals surface area contributed by atoms with E-state index in [-0.39, 0.29) is 30.5 Å². The van der Waals surface area contributed by atoms with Crippen LogP contribution in [-0.4, -0.2) is 49.7 Å². The average Bonchev–Trinajstić information content (AvgIpc) is 2.91. The summed E-state index contributed by atoms with van der Waals surface area (Å²) in [4.78, 5) is 24.6. The molecule has 1 aromatic carbocycles. The van der Waals surface area contributed by atoms with E-state index in [1.807, 2.05) is 13.8 Å². The molecule has 1 fully saturated rings. The molecule has 0 bridgehead atoms. The molecule has 1 aromatic rings. The van der Waals surface area contributed by atoms with Crippen LogP contribution < -0.4 is 15.2 Å². The molecular formula is C21H30FN3O5S. The first kappa shape index (κ1) is 24.8. The highest BCUT2D eigenvalue weighted by Crippen LogP contribution is 2.30. The minimum atomic E-state index is -3.92. The van der Waals surface area contributed by atoms with Gasteiger partial charge in [0.25, 0.3) is 5.91 Å². The van der Waals surface area contributed by atoms with Gasteiger partial charge in [0.2, 0.25) is 10.0 Å². The summed E-state index contributed by atoms with van der Waals surface area (Å²) in [7, 11) is -3.92. The summed E-state index contributed by atoms with van der Waals surface area (Å²) in [5, 5.41) is 6.72. The Morgan fingerprint density at radius 3 is 2.48 bits per heavy atom. The molecule has 0 aromatic heterocycles. The maximum Gasteiger partial charge on any atom is 0.325 e. The predicted molar refractivity (Wildman–Crippen MR) is 116 cm³/mol. The van der Waals surface area contributed by atoms with Crippen LogP contribution in [0, 0.1) is 11.7 Å². The first-order valence-corrected chi connectivity index (χ1v) is 11.7. The molecule has 1 unspecified atom stereocenters. The third-order valence-electron chi connectivity index (χ3n) is 5.21. The number of hydrogen-bond acceptors (Lipinski definition) is 5. The number of amides is 3. The Morgan fingerprint density at radius 2 is 1.94 bits per heavy atom.